The van der Waals surface area contributed by atoms with Crippen LogP contribution in [0.15, 0.2) is 18.2 Å². The molecule has 1 atom stereocenters. The SMILES string of the molecule is COC(=O)[C@](C)(N)c1cccc(N)n1. The lowest BCUT2D eigenvalue weighted by Crippen LogP contribution is -2.43. The first-order chi connectivity index (χ1) is 6.48. The Kier molecular flexibility index (Phi) is 2.71. The average molecular weight is 195 g/mol. The van der Waals surface area contributed by atoms with Gasteiger partial charge in [0.15, 0.2) is 5.54 Å². The highest BCUT2D eigenvalue weighted by molar-refractivity contribution is 5.81. The Morgan fingerprint density at radius 1 is 1.57 bits per heavy atom. The number of ether oxygens (including phenoxy) is 1. The molecule has 0 radical (unpaired) electrons. The van der Waals surface area contributed by atoms with Crippen LogP contribution in [0, 0.1) is 0 Å². The summed E-state index contributed by atoms with van der Waals surface area (Å²) >= 11 is 0. The number of hydrogen-bond donors (Lipinski definition) is 2. The topological polar surface area (TPSA) is 91.2 Å². The summed E-state index contributed by atoms with van der Waals surface area (Å²) in [5, 5.41) is 0. The first-order valence-corrected chi connectivity index (χ1v) is 4.09. The van der Waals surface area contributed by atoms with Gasteiger partial charge in [0.2, 0.25) is 0 Å². The summed E-state index contributed by atoms with van der Waals surface area (Å²) in [5.74, 6) is -0.223. The summed E-state index contributed by atoms with van der Waals surface area (Å²) < 4.78 is 4.56. The molecule has 0 amide bonds. The van der Waals surface area contributed by atoms with Crippen LogP contribution in [-0.4, -0.2) is 18.1 Å². The van der Waals surface area contributed by atoms with Gasteiger partial charge >= 0.3 is 5.97 Å². The molecule has 1 heterocycles. The summed E-state index contributed by atoms with van der Waals surface area (Å²) in [6.07, 6.45) is 0. The number of anilines is 1. The second-order valence-corrected chi connectivity index (χ2v) is 3.14. The summed E-state index contributed by atoms with van der Waals surface area (Å²) in [7, 11) is 1.28. The van der Waals surface area contributed by atoms with Gasteiger partial charge in [-0.3, -0.25) is 0 Å². The van der Waals surface area contributed by atoms with E-state index >= 15 is 0 Å². The van der Waals surface area contributed by atoms with Crippen LogP contribution < -0.4 is 11.5 Å². The number of nitrogen functional groups attached to an aromatic ring is 1. The van der Waals surface area contributed by atoms with Gasteiger partial charge in [0, 0.05) is 0 Å². The highest BCUT2D eigenvalue weighted by Gasteiger charge is 2.33. The largest absolute Gasteiger partial charge is 0.467 e. The third kappa shape index (κ3) is 1.82. The lowest BCUT2D eigenvalue weighted by atomic mass is 9.99. The fourth-order valence-electron chi connectivity index (χ4n) is 1.06. The normalized spacial score (nSPS) is 14.5. The van der Waals surface area contributed by atoms with E-state index in [-0.39, 0.29) is 0 Å². The van der Waals surface area contributed by atoms with Gasteiger partial charge in [-0.15, -0.1) is 0 Å². The molecule has 0 fully saturated rings. The minimum atomic E-state index is -1.26. The van der Waals surface area contributed by atoms with Gasteiger partial charge in [0.1, 0.15) is 5.82 Å². The molecule has 76 valence electrons. The van der Waals surface area contributed by atoms with Crippen LogP contribution in [0.3, 0.4) is 0 Å². The van der Waals surface area contributed by atoms with Crippen molar-refractivity contribution >= 4 is 11.8 Å². The van der Waals surface area contributed by atoms with Gasteiger partial charge in [-0.1, -0.05) is 6.07 Å². The Morgan fingerprint density at radius 2 is 2.21 bits per heavy atom. The maximum absolute atomic E-state index is 11.3. The summed E-state index contributed by atoms with van der Waals surface area (Å²) in [5.41, 5.74) is 10.4. The van der Waals surface area contributed by atoms with Crippen molar-refractivity contribution in [2.45, 2.75) is 12.5 Å². The van der Waals surface area contributed by atoms with Crippen LogP contribution in [0.4, 0.5) is 5.82 Å². The number of carbonyl (C=O) groups excluding carboxylic acids is 1. The number of hydrogen-bond acceptors (Lipinski definition) is 5. The summed E-state index contributed by atoms with van der Waals surface area (Å²) in [6.45, 7) is 1.53. The Bertz CT molecular complexity index is 350. The highest BCUT2D eigenvalue weighted by atomic mass is 16.5. The van der Waals surface area contributed by atoms with Crippen molar-refractivity contribution in [3.05, 3.63) is 23.9 Å². The van der Waals surface area contributed by atoms with Crippen molar-refractivity contribution in [2.24, 2.45) is 5.73 Å². The lowest BCUT2D eigenvalue weighted by Gasteiger charge is -2.20. The van der Waals surface area contributed by atoms with Crippen molar-refractivity contribution in [1.82, 2.24) is 4.98 Å². The van der Waals surface area contributed by atoms with Gasteiger partial charge in [-0.05, 0) is 19.1 Å². The molecule has 1 aromatic rings. The third-order valence-electron chi connectivity index (χ3n) is 1.91. The van der Waals surface area contributed by atoms with Crippen molar-refractivity contribution in [2.75, 3.05) is 12.8 Å². The zero-order valence-electron chi connectivity index (χ0n) is 8.15. The van der Waals surface area contributed by atoms with Gasteiger partial charge < -0.3 is 16.2 Å². The third-order valence-corrected chi connectivity index (χ3v) is 1.91. The molecule has 0 aliphatic heterocycles. The molecule has 0 bridgehead atoms. The van der Waals surface area contributed by atoms with E-state index < -0.39 is 11.5 Å². The molecule has 5 heteroatoms. The second-order valence-electron chi connectivity index (χ2n) is 3.14. The summed E-state index contributed by atoms with van der Waals surface area (Å²) in [4.78, 5) is 15.3. The zero-order valence-corrected chi connectivity index (χ0v) is 8.15. The Labute approximate surface area is 82.1 Å². The smallest absolute Gasteiger partial charge is 0.331 e. The standard InChI is InChI=1S/C9H13N3O2/c1-9(11,8(13)14-2)6-4-3-5-7(10)12-6/h3-5H,11H2,1-2H3,(H2,10,12)/t9-/m1/s1. The molecule has 0 aromatic carbocycles. The van der Waals surface area contributed by atoms with E-state index in [1.807, 2.05) is 0 Å². The molecule has 0 saturated carbocycles. The Hall–Kier alpha value is -1.62. The number of nitrogens with zero attached hydrogens (tertiary/aromatic N) is 1. The molecule has 1 aromatic heterocycles. The Morgan fingerprint density at radius 3 is 2.71 bits per heavy atom. The maximum Gasteiger partial charge on any atom is 0.331 e. The van der Waals surface area contributed by atoms with E-state index in [2.05, 4.69) is 9.72 Å². The molecule has 0 saturated heterocycles. The highest BCUT2D eigenvalue weighted by Crippen LogP contribution is 2.17. The van der Waals surface area contributed by atoms with Crippen molar-refractivity contribution in [1.29, 1.82) is 0 Å². The fraction of sp³-hybridized carbons (Fsp3) is 0.333. The van der Waals surface area contributed by atoms with Crippen molar-refractivity contribution in [3.63, 3.8) is 0 Å². The quantitative estimate of drug-likeness (QED) is 0.648. The molecule has 1 rings (SSSR count). The van der Waals surface area contributed by atoms with Crippen molar-refractivity contribution in [3.8, 4) is 0 Å². The van der Waals surface area contributed by atoms with E-state index in [1.54, 1.807) is 18.2 Å². The average Bonchev–Trinajstić information content (AvgIpc) is 2.16. The zero-order chi connectivity index (χ0) is 10.8. The molecule has 0 unspecified atom stereocenters. The number of esters is 1. The number of aromatic nitrogens is 1. The maximum atomic E-state index is 11.3. The van der Waals surface area contributed by atoms with E-state index in [0.29, 0.717) is 11.5 Å². The molecule has 0 aliphatic rings. The van der Waals surface area contributed by atoms with Crippen LogP contribution in [0.2, 0.25) is 0 Å². The van der Waals surface area contributed by atoms with Crippen LogP contribution in [-0.2, 0) is 15.1 Å². The molecular weight excluding hydrogens is 182 g/mol. The minimum absolute atomic E-state index is 0.322. The first-order valence-electron chi connectivity index (χ1n) is 4.09. The summed E-state index contributed by atoms with van der Waals surface area (Å²) in [6, 6.07) is 4.94. The molecule has 0 spiro atoms. The fourth-order valence-corrected chi connectivity index (χ4v) is 1.06. The lowest BCUT2D eigenvalue weighted by molar-refractivity contribution is -0.146. The van der Waals surface area contributed by atoms with Crippen LogP contribution in [0.25, 0.3) is 0 Å². The van der Waals surface area contributed by atoms with Gasteiger partial charge in [-0.25, -0.2) is 9.78 Å². The molecular formula is C9H13N3O2. The number of rotatable bonds is 2. The van der Waals surface area contributed by atoms with Crippen LogP contribution >= 0.6 is 0 Å². The number of carbonyl (C=O) groups is 1. The van der Waals surface area contributed by atoms with E-state index in [1.165, 1.54) is 14.0 Å². The molecule has 5 nitrogen and oxygen atoms in total. The molecule has 4 N–H and O–H groups in total. The van der Waals surface area contributed by atoms with Crippen molar-refractivity contribution < 1.29 is 9.53 Å². The number of pyridine rings is 1. The second kappa shape index (κ2) is 3.63. The number of nitrogens with two attached hydrogens (primary N) is 2. The van der Waals surface area contributed by atoms with Crippen LogP contribution in [0.5, 0.6) is 0 Å². The first kappa shape index (κ1) is 10.5. The van der Waals surface area contributed by atoms with Gasteiger partial charge in [-0.2, -0.15) is 0 Å². The Balaban J connectivity index is 3.09. The van der Waals surface area contributed by atoms with Crippen LogP contribution in [0.1, 0.15) is 12.6 Å². The van der Waals surface area contributed by atoms with E-state index in [9.17, 15) is 4.79 Å². The van der Waals surface area contributed by atoms with Gasteiger partial charge in [0.25, 0.3) is 0 Å². The predicted octanol–water partition coefficient (Wildman–Crippen LogP) is 0.0107. The number of methoxy groups -OCH3 is 1. The van der Waals surface area contributed by atoms with Gasteiger partial charge in [0.05, 0.1) is 12.8 Å². The van der Waals surface area contributed by atoms with E-state index in [4.69, 9.17) is 11.5 Å². The molecule has 0 aliphatic carbocycles. The monoisotopic (exact) mass is 195 g/mol. The predicted molar refractivity (Wildman–Crippen MR) is 52.2 cm³/mol. The minimum Gasteiger partial charge on any atom is -0.467 e. The molecule has 14 heavy (non-hydrogen) atoms. The van der Waals surface area contributed by atoms with E-state index in [0.717, 1.165) is 0 Å².